The number of para-hydroxylation sites is 1. The summed E-state index contributed by atoms with van der Waals surface area (Å²) in [6.45, 7) is 5.36. The van der Waals surface area contributed by atoms with Crippen molar-refractivity contribution in [1.29, 1.82) is 0 Å². The number of amides is 2. The summed E-state index contributed by atoms with van der Waals surface area (Å²) in [7, 11) is 0. The van der Waals surface area contributed by atoms with Crippen LogP contribution in [0.3, 0.4) is 0 Å². The smallest absolute Gasteiger partial charge is 0.317 e. The summed E-state index contributed by atoms with van der Waals surface area (Å²) in [6.07, 6.45) is 2.08. The van der Waals surface area contributed by atoms with Crippen molar-refractivity contribution in [3.05, 3.63) is 29.8 Å². The van der Waals surface area contributed by atoms with Gasteiger partial charge >= 0.3 is 12.0 Å². The Hall–Kier alpha value is -2.24. The van der Waals surface area contributed by atoms with E-state index >= 15 is 0 Å². The van der Waals surface area contributed by atoms with Gasteiger partial charge < -0.3 is 20.1 Å². The van der Waals surface area contributed by atoms with E-state index in [1.807, 2.05) is 38.1 Å². The molecular formula is C18H26N2O4. The Balaban J connectivity index is 2.07. The molecule has 2 amide bonds. The highest BCUT2D eigenvalue weighted by Gasteiger charge is 2.29. The van der Waals surface area contributed by atoms with Crippen molar-refractivity contribution in [1.82, 2.24) is 10.2 Å². The SMILES string of the molecule is CCOc1ccccc1C(CC)NC(=O)N1CCCC(C(=O)O)C1. The van der Waals surface area contributed by atoms with E-state index in [4.69, 9.17) is 9.84 Å². The van der Waals surface area contributed by atoms with Crippen molar-refractivity contribution in [2.45, 2.75) is 39.2 Å². The number of carboxylic acid groups (broad SMARTS) is 1. The van der Waals surface area contributed by atoms with Crippen LogP contribution >= 0.6 is 0 Å². The second kappa shape index (κ2) is 8.57. The molecule has 1 aromatic rings. The van der Waals surface area contributed by atoms with Gasteiger partial charge in [-0.3, -0.25) is 4.79 Å². The zero-order valence-electron chi connectivity index (χ0n) is 14.3. The highest BCUT2D eigenvalue weighted by Crippen LogP contribution is 2.27. The number of aliphatic carboxylic acids is 1. The molecule has 24 heavy (non-hydrogen) atoms. The first kappa shape index (κ1) is 18.1. The van der Waals surface area contributed by atoms with Crippen LogP contribution in [0, 0.1) is 5.92 Å². The average Bonchev–Trinajstić information content (AvgIpc) is 2.60. The van der Waals surface area contributed by atoms with Crippen molar-refractivity contribution < 1.29 is 19.4 Å². The number of nitrogens with zero attached hydrogens (tertiary/aromatic N) is 1. The van der Waals surface area contributed by atoms with Gasteiger partial charge in [-0.1, -0.05) is 25.1 Å². The summed E-state index contributed by atoms with van der Waals surface area (Å²) < 4.78 is 5.65. The van der Waals surface area contributed by atoms with E-state index in [0.717, 1.165) is 24.2 Å². The minimum atomic E-state index is -0.832. The Morgan fingerprint density at radius 1 is 1.38 bits per heavy atom. The normalized spacial score (nSPS) is 18.8. The van der Waals surface area contributed by atoms with E-state index in [0.29, 0.717) is 19.6 Å². The molecule has 1 aromatic carbocycles. The summed E-state index contributed by atoms with van der Waals surface area (Å²) in [6, 6.07) is 7.31. The number of carboxylic acids is 1. The number of hydrogen-bond donors (Lipinski definition) is 2. The quantitative estimate of drug-likeness (QED) is 0.838. The van der Waals surface area contributed by atoms with Crippen LogP contribution in [0.4, 0.5) is 4.79 Å². The van der Waals surface area contributed by atoms with Crippen molar-refractivity contribution >= 4 is 12.0 Å². The molecule has 0 spiro atoms. The number of piperidine rings is 1. The van der Waals surface area contributed by atoms with Crippen LogP contribution < -0.4 is 10.1 Å². The molecule has 2 unspecified atom stereocenters. The van der Waals surface area contributed by atoms with Gasteiger partial charge in [0.15, 0.2) is 0 Å². The lowest BCUT2D eigenvalue weighted by molar-refractivity contribution is -0.143. The molecule has 6 nitrogen and oxygen atoms in total. The molecule has 1 saturated heterocycles. The van der Waals surface area contributed by atoms with Gasteiger partial charge in [-0.25, -0.2) is 4.79 Å². The predicted molar refractivity (Wildman–Crippen MR) is 91.1 cm³/mol. The monoisotopic (exact) mass is 334 g/mol. The van der Waals surface area contributed by atoms with Gasteiger partial charge in [0.05, 0.1) is 18.6 Å². The predicted octanol–water partition coefficient (Wildman–Crippen LogP) is 3.04. The molecule has 1 aliphatic heterocycles. The van der Waals surface area contributed by atoms with Crippen molar-refractivity contribution in [2.24, 2.45) is 5.92 Å². The zero-order chi connectivity index (χ0) is 17.5. The van der Waals surface area contributed by atoms with Gasteiger partial charge in [0.25, 0.3) is 0 Å². The van der Waals surface area contributed by atoms with Gasteiger partial charge in [-0.05, 0) is 32.3 Å². The van der Waals surface area contributed by atoms with E-state index in [2.05, 4.69) is 5.32 Å². The Morgan fingerprint density at radius 3 is 2.79 bits per heavy atom. The summed E-state index contributed by atoms with van der Waals surface area (Å²) in [5.41, 5.74) is 0.946. The molecule has 2 rings (SSSR count). The van der Waals surface area contributed by atoms with Gasteiger partial charge in [-0.15, -0.1) is 0 Å². The number of carbonyl (C=O) groups excluding carboxylic acids is 1. The third-order valence-corrected chi connectivity index (χ3v) is 4.36. The molecule has 0 aromatic heterocycles. The number of rotatable bonds is 6. The van der Waals surface area contributed by atoms with E-state index < -0.39 is 11.9 Å². The zero-order valence-corrected chi connectivity index (χ0v) is 14.3. The minimum Gasteiger partial charge on any atom is -0.494 e. The van der Waals surface area contributed by atoms with Crippen LogP contribution in [0.25, 0.3) is 0 Å². The molecule has 1 heterocycles. The third-order valence-electron chi connectivity index (χ3n) is 4.36. The Kier molecular flexibility index (Phi) is 6.46. The molecule has 6 heteroatoms. The highest BCUT2D eigenvalue weighted by atomic mass is 16.5. The maximum atomic E-state index is 12.6. The first-order chi connectivity index (χ1) is 11.6. The summed E-state index contributed by atoms with van der Waals surface area (Å²) >= 11 is 0. The van der Waals surface area contributed by atoms with Crippen LogP contribution in [-0.4, -0.2) is 41.7 Å². The van der Waals surface area contributed by atoms with E-state index in [1.54, 1.807) is 4.90 Å². The fourth-order valence-electron chi connectivity index (χ4n) is 3.06. The fourth-order valence-corrected chi connectivity index (χ4v) is 3.06. The number of urea groups is 1. The Labute approximate surface area is 142 Å². The first-order valence-corrected chi connectivity index (χ1v) is 8.56. The van der Waals surface area contributed by atoms with Crippen molar-refractivity contribution in [3.8, 4) is 5.75 Å². The van der Waals surface area contributed by atoms with Gasteiger partial charge in [0.1, 0.15) is 5.75 Å². The van der Waals surface area contributed by atoms with Crippen LogP contribution in [-0.2, 0) is 4.79 Å². The maximum absolute atomic E-state index is 12.6. The molecule has 1 aliphatic rings. The maximum Gasteiger partial charge on any atom is 0.317 e. The molecule has 132 valence electrons. The molecule has 2 N–H and O–H groups in total. The number of ether oxygens (including phenoxy) is 1. The minimum absolute atomic E-state index is 0.162. The molecule has 0 saturated carbocycles. The van der Waals surface area contributed by atoms with Gasteiger partial charge in [0.2, 0.25) is 0 Å². The van der Waals surface area contributed by atoms with Crippen molar-refractivity contribution in [3.63, 3.8) is 0 Å². The lowest BCUT2D eigenvalue weighted by atomic mass is 9.98. The first-order valence-electron chi connectivity index (χ1n) is 8.56. The fraction of sp³-hybridized carbons (Fsp3) is 0.556. The molecule has 0 radical (unpaired) electrons. The summed E-state index contributed by atoms with van der Waals surface area (Å²) in [5.74, 6) is -0.532. The Bertz CT molecular complexity index is 576. The van der Waals surface area contributed by atoms with Crippen molar-refractivity contribution in [2.75, 3.05) is 19.7 Å². The summed E-state index contributed by atoms with van der Waals surface area (Å²) in [4.78, 5) is 25.3. The van der Waals surface area contributed by atoms with Crippen LogP contribution in [0.15, 0.2) is 24.3 Å². The topological polar surface area (TPSA) is 78.9 Å². The van der Waals surface area contributed by atoms with Crippen LogP contribution in [0.5, 0.6) is 5.75 Å². The van der Waals surface area contributed by atoms with Crippen LogP contribution in [0.1, 0.15) is 44.7 Å². The average molecular weight is 334 g/mol. The van der Waals surface area contributed by atoms with E-state index in [-0.39, 0.29) is 18.6 Å². The molecule has 1 fully saturated rings. The number of hydrogen-bond acceptors (Lipinski definition) is 3. The third kappa shape index (κ3) is 4.40. The lowest BCUT2D eigenvalue weighted by Crippen LogP contribution is -2.47. The highest BCUT2D eigenvalue weighted by molar-refractivity contribution is 5.77. The lowest BCUT2D eigenvalue weighted by Gasteiger charge is -2.32. The Morgan fingerprint density at radius 2 is 2.12 bits per heavy atom. The number of benzene rings is 1. The number of nitrogens with one attached hydrogen (secondary N) is 1. The van der Waals surface area contributed by atoms with Gasteiger partial charge in [-0.2, -0.15) is 0 Å². The summed E-state index contributed by atoms with van der Waals surface area (Å²) in [5, 5.41) is 12.2. The molecule has 2 atom stereocenters. The number of likely N-dealkylation sites (tertiary alicyclic amines) is 1. The van der Waals surface area contributed by atoms with E-state index in [9.17, 15) is 9.59 Å². The largest absolute Gasteiger partial charge is 0.494 e. The second-order valence-electron chi connectivity index (χ2n) is 6.00. The standard InChI is InChI=1S/C18H26N2O4/c1-3-15(14-9-5-6-10-16(14)24-4-2)19-18(23)20-11-7-8-13(12-20)17(21)22/h5-6,9-10,13,15H,3-4,7-8,11-12H2,1-2H3,(H,19,23)(H,21,22). The van der Waals surface area contributed by atoms with Gasteiger partial charge in [0, 0.05) is 18.7 Å². The van der Waals surface area contributed by atoms with E-state index in [1.165, 1.54) is 0 Å². The molecular weight excluding hydrogens is 308 g/mol. The van der Waals surface area contributed by atoms with Crippen LogP contribution in [0.2, 0.25) is 0 Å². The second-order valence-corrected chi connectivity index (χ2v) is 6.00. The molecule has 0 bridgehead atoms. The molecule has 0 aliphatic carbocycles. The number of carbonyl (C=O) groups is 2.